The number of sulfonamides is 1. The van der Waals surface area contributed by atoms with E-state index in [4.69, 9.17) is 4.74 Å². The van der Waals surface area contributed by atoms with Gasteiger partial charge in [0, 0.05) is 33.4 Å². The number of nitrogens with one attached hydrogen (secondary N) is 1. The summed E-state index contributed by atoms with van der Waals surface area (Å²) in [7, 11) is -1.49. The van der Waals surface area contributed by atoms with Crippen LogP contribution >= 0.6 is 0 Å². The molecule has 1 aliphatic rings. The molecule has 0 aliphatic carbocycles. The van der Waals surface area contributed by atoms with E-state index in [1.807, 2.05) is 0 Å². The SMILES string of the molecule is CCCNCC(C)S(=O)(=O)N(C)CC1CCOCC1. The average Bonchev–Trinajstić information content (AvgIpc) is 2.40. The van der Waals surface area contributed by atoms with E-state index >= 15 is 0 Å². The molecule has 19 heavy (non-hydrogen) atoms. The maximum absolute atomic E-state index is 12.4. The fourth-order valence-corrected chi connectivity index (χ4v) is 3.65. The van der Waals surface area contributed by atoms with Crippen LogP contribution in [0.3, 0.4) is 0 Å². The first-order chi connectivity index (χ1) is 8.98. The zero-order valence-corrected chi connectivity index (χ0v) is 13.2. The zero-order valence-electron chi connectivity index (χ0n) is 12.4. The Kier molecular flexibility index (Phi) is 7.28. The van der Waals surface area contributed by atoms with Crippen molar-refractivity contribution < 1.29 is 13.2 Å². The Hall–Kier alpha value is -0.170. The summed E-state index contributed by atoms with van der Waals surface area (Å²) in [6.07, 6.45) is 2.94. The topological polar surface area (TPSA) is 58.6 Å². The van der Waals surface area contributed by atoms with Crippen molar-refractivity contribution in [3.05, 3.63) is 0 Å². The number of hydrogen-bond acceptors (Lipinski definition) is 4. The minimum absolute atomic E-state index is 0.371. The minimum Gasteiger partial charge on any atom is -0.381 e. The first-order valence-corrected chi connectivity index (χ1v) is 8.72. The molecule has 5 nitrogen and oxygen atoms in total. The van der Waals surface area contributed by atoms with Crippen molar-refractivity contribution in [1.29, 1.82) is 0 Å². The summed E-state index contributed by atoms with van der Waals surface area (Å²) in [6, 6.07) is 0. The molecule has 0 saturated carbocycles. The number of rotatable bonds is 8. The summed E-state index contributed by atoms with van der Waals surface area (Å²) in [5.74, 6) is 0.435. The van der Waals surface area contributed by atoms with Gasteiger partial charge in [0.25, 0.3) is 0 Å². The van der Waals surface area contributed by atoms with Crippen LogP contribution in [-0.2, 0) is 14.8 Å². The Morgan fingerprint density at radius 2 is 2.00 bits per heavy atom. The Labute approximate surface area is 117 Å². The molecule has 0 aromatic carbocycles. The van der Waals surface area contributed by atoms with Crippen LogP contribution in [0, 0.1) is 5.92 Å². The minimum atomic E-state index is -3.19. The van der Waals surface area contributed by atoms with Gasteiger partial charge in [-0.1, -0.05) is 6.92 Å². The summed E-state index contributed by atoms with van der Waals surface area (Å²) in [5.41, 5.74) is 0. The molecule has 1 saturated heterocycles. The van der Waals surface area contributed by atoms with Gasteiger partial charge < -0.3 is 10.1 Å². The molecular formula is C13H28N2O3S. The Morgan fingerprint density at radius 3 is 2.58 bits per heavy atom. The van der Waals surface area contributed by atoms with Gasteiger partial charge in [0.05, 0.1) is 5.25 Å². The van der Waals surface area contributed by atoms with Crippen molar-refractivity contribution in [3.63, 3.8) is 0 Å². The van der Waals surface area contributed by atoms with E-state index in [9.17, 15) is 8.42 Å². The highest BCUT2D eigenvalue weighted by Gasteiger charge is 2.28. The molecule has 1 unspecified atom stereocenters. The normalized spacial score (nSPS) is 19.8. The molecule has 0 aromatic rings. The lowest BCUT2D eigenvalue weighted by Crippen LogP contribution is -2.42. The second-order valence-electron chi connectivity index (χ2n) is 5.40. The third-order valence-electron chi connectivity index (χ3n) is 3.66. The van der Waals surface area contributed by atoms with E-state index in [0.29, 0.717) is 19.0 Å². The van der Waals surface area contributed by atoms with Crippen molar-refractivity contribution in [2.75, 3.05) is 39.9 Å². The molecule has 0 amide bonds. The third-order valence-corrected chi connectivity index (χ3v) is 5.86. The summed E-state index contributed by atoms with van der Waals surface area (Å²) >= 11 is 0. The van der Waals surface area contributed by atoms with E-state index in [-0.39, 0.29) is 5.25 Å². The molecule has 1 rings (SSSR count). The van der Waals surface area contributed by atoms with Crippen molar-refractivity contribution in [2.45, 2.75) is 38.4 Å². The average molecular weight is 292 g/mol. The Bertz CT molecular complexity index is 340. The van der Waals surface area contributed by atoms with Gasteiger partial charge in [-0.2, -0.15) is 0 Å². The molecule has 0 spiro atoms. The number of hydrogen-bond donors (Lipinski definition) is 1. The smallest absolute Gasteiger partial charge is 0.217 e. The van der Waals surface area contributed by atoms with Crippen LogP contribution in [0.4, 0.5) is 0 Å². The van der Waals surface area contributed by atoms with Crippen LogP contribution < -0.4 is 5.32 Å². The van der Waals surface area contributed by atoms with E-state index in [1.165, 1.54) is 4.31 Å². The molecular weight excluding hydrogens is 264 g/mol. The predicted molar refractivity (Wildman–Crippen MR) is 77.7 cm³/mol. The fraction of sp³-hybridized carbons (Fsp3) is 1.00. The molecule has 6 heteroatoms. The lowest BCUT2D eigenvalue weighted by molar-refractivity contribution is 0.0619. The van der Waals surface area contributed by atoms with E-state index < -0.39 is 10.0 Å². The van der Waals surface area contributed by atoms with Crippen LogP contribution in [0.5, 0.6) is 0 Å². The monoisotopic (exact) mass is 292 g/mol. The summed E-state index contributed by atoms with van der Waals surface area (Å²) < 4.78 is 31.5. The third kappa shape index (κ3) is 5.38. The van der Waals surface area contributed by atoms with Gasteiger partial charge in [0.2, 0.25) is 10.0 Å². The number of nitrogens with zero attached hydrogens (tertiary/aromatic N) is 1. The van der Waals surface area contributed by atoms with Crippen LogP contribution in [0.2, 0.25) is 0 Å². The maximum atomic E-state index is 12.4. The molecule has 0 bridgehead atoms. The Balaban J connectivity index is 2.45. The first-order valence-electron chi connectivity index (χ1n) is 7.22. The second kappa shape index (κ2) is 8.19. The van der Waals surface area contributed by atoms with Gasteiger partial charge in [0.15, 0.2) is 0 Å². The van der Waals surface area contributed by atoms with Crippen LogP contribution in [0.1, 0.15) is 33.1 Å². The number of ether oxygens (including phenoxy) is 1. The fourth-order valence-electron chi connectivity index (χ4n) is 2.29. The molecule has 0 radical (unpaired) electrons. The zero-order chi connectivity index (χ0) is 14.3. The van der Waals surface area contributed by atoms with Gasteiger partial charge in [-0.25, -0.2) is 12.7 Å². The molecule has 1 heterocycles. The van der Waals surface area contributed by atoms with Gasteiger partial charge >= 0.3 is 0 Å². The van der Waals surface area contributed by atoms with Crippen molar-refractivity contribution in [3.8, 4) is 0 Å². The largest absolute Gasteiger partial charge is 0.381 e. The van der Waals surface area contributed by atoms with Gasteiger partial charge in [0.1, 0.15) is 0 Å². The summed E-state index contributed by atoms with van der Waals surface area (Å²) in [6.45, 7) is 7.36. The summed E-state index contributed by atoms with van der Waals surface area (Å²) in [5, 5.41) is 2.80. The van der Waals surface area contributed by atoms with Gasteiger partial charge in [-0.3, -0.25) is 0 Å². The van der Waals surface area contributed by atoms with Gasteiger partial charge in [-0.05, 0) is 38.6 Å². The van der Waals surface area contributed by atoms with Crippen molar-refractivity contribution >= 4 is 10.0 Å². The highest BCUT2D eigenvalue weighted by atomic mass is 32.2. The highest BCUT2D eigenvalue weighted by molar-refractivity contribution is 7.89. The Morgan fingerprint density at radius 1 is 1.37 bits per heavy atom. The maximum Gasteiger partial charge on any atom is 0.217 e. The van der Waals surface area contributed by atoms with E-state index in [0.717, 1.165) is 39.0 Å². The molecule has 1 atom stereocenters. The highest BCUT2D eigenvalue weighted by Crippen LogP contribution is 2.18. The van der Waals surface area contributed by atoms with Crippen molar-refractivity contribution in [2.24, 2.45) is 5.92 Å². The van der Waals surface area contributed by atoms with E-state index in [2.05, 4.69) is 12.2 Å². The van der Waals surface area contributed by atoms with E-state index in [1.54, 1.807) is 14.0 Å². The van der Waals surface area contributed by atoms with Crippen LogP contribution in [-0.4, -0.2) is 57.9 Å². The van der Waals surface area contributed by atoms with Gasteiger partial charge in [-0.15, -0.1) is 0 Å². The standard InChI is InChI=1S/C13H28N2O3S/c1-4-7-14-10-12(2)19(16,17)15(3)11-13-5-8-18-9-6-13/h12-14H,4-11H2,1-3H3. The molecule has 1 aliphatic heterocycles. The molecule has 114 valence electrons. The first kappa shape index (κ1) is 16.9. The van der Waals surface area contributed by atoms with Crippen LogP contribution in [0.15, 0.2) is 0 Å². The van der Waals surface area contributed by atoms with Crippen molar-refractivity contribution in [1.82, 2.24) is 9.62 Å². The lowest BCUT2D eigenvalue weighted by Gasteiger charge is -2.28. The quantitative estimate of drug-likeness (QED) is 0.680. The lowest BCUT2D eigenvalue weighted by atomic mass is 10.0. The molecule has 0 aromatic heterocycles. The van der Waals surface area contributed by atoms with Crippen LogP contribution in [0.25, 0.3) is 0 Å². The molecule has 1 fully saturated rings. The summed E-state index contributed by atoms with van der Waals surface area (Å²) in [4.78, 5) is 0. The molecule has 1 N–H and O–H groups in total. The predicted octanol–water partition coefficient (Wildman–Crippen LogP) is 1.06. The second-order valence-corrected chi connectivity index (χ2v) is 7.85.